The Bertz CT molecular complexity index is 562. The summed E-state index contributed by atoms with van der Waals surface area (Å²) >= 11 is 0. The van der Waals surface area contributed by atoms with Crippen molar-refractivity contribution in [3.63, 3.8) is 0 Å². The van der Waals surface area contributed by atoms with E-state index in [0.717, 1.165) is 31.9 Å². The molecule has 0 aromatic heterocycles. The second-order valence-corrected chi connectivity index (χ2v) is 5.56. The number of ether oxygens (including phenoxy) is 1. The summed E-state index contributed by atoms with van der Waals surface area (Å²) < 4.78 is 5.91. The van der Waals surface area contributed by atoms with Crippen molar-refractivity contribution in [1.82, 2.24) is 4.90 Å². The van der Waals surface area contributed by atoms with E-state index in [1.54, 1.807) is 0 Å². The van der Waals surface area contributed by atoms with Crippen molar-refractivity contribution in [1.29, 1.82) is 0 Å². The number of nitrogens with zero attached hydrogens (tertiary/aromatic N) is 2. The van der Waals surface area contributed by atoms with Gasteiger partial charge in [-0.25, -0.2) is 0 Å². The maximum absolute atomic E-state index is 5.91. The number of piperazine rings is 1. The minimum Gasteiger partial charge on any atom is -0.489 e. The van der Waals surface area contributed by atoms with Crippen molar-refractivity contribution in [3.05, 3.63) is 60.2 Å². The molecule has 2 aromatic rings. The molecule has 1 aliphatic heterocycles. The maximum atomic E-state index is 5.91. The van der Waals surface area contributed by atoms with Gasteiger partial charge in [0.15, 0.2) is 0 Å². The maximum Gasteiger partial charge on any atom is 0.121 e. The van der Waals surface area contributed by atoms with Crippen molar-refractivity contribution < 1.29 is 4.74 Å². The van der Waals surface area contributed by atoms with Crippen molar-refractivity contribution in [2.45, 2.75) is 6.61 Å². The largest absolute Gasteiger partial charge is 0.489 e. The van der Waals surface area contributed by atoms with Crippen molar-refractivity contribution in [2.75, 3.05) is 38.1 Å². The highest BCUT2D eigenvalue weighted by Gasteiger charge is 2.14. The molecule has 21 heavy (non-hydrogen) atoms. The van der Waals surface area contributed by atoms with Gasteiger partial charge < -0.3 is 14.5 Å². The number of benzene rings is 2. The molecule has 1 aliphatic rings. The standard InChI is InChI=1S/C18H22N2O/c1-19-10-12-20(13-11-19)17-8-5-9-18(14-17)21-15-16-6-3-2-4-7-16/h2-9,14H,10-13,15H2,1H3. The van der Waals surface area contributed by atoms with E-state index in [4.69, 9.17) is 4.74 Å². The molecule has 0 atom stereocenters. The number of hydrogen-bond donors (Lipinski definition) is 0. The molecule has 0 radical (unpaired) electrons. The summed E-state index contributed by atoms with van der Waals surface area (Å²) in [6, 6.07) is 18.7. The Morgan fingerprint density at radius 1 is 0.905 bits per heavy atom. The molecule has 3 heteroatoms. The van der Waals surface area contributed by atoms with Gasteiger partial charge in [-0.15, -0.1) is 0 Å². The summed E-state index contributed by atoms with van der Waals surface area (Å²) in [6.07, 6.45) is 0. The molecule has 0 N–H and O–H groups in total. The summed E-state index contributed by atoms with van der Waals surface area (Å²) in [5.74, 6) is 0.940. The molecular weight excluding hydrogens is 260 g/mol. The molecule has 3 nitrogen and oxygen atoms in total. The molecule has 3 rings (SSSR count). The predicted molar refractivity (Wildman–Crippen MR) is 86.9 cm³/mol. The highest BCUT2D eigenvalue weighted by Crippen LogP contribution is 2.23. The minimum atomic E-state index is 0.618. The smallest absolute Gasteiger partial charge is 0.121 e. The van der Waals surface area contributed by atoms with Crippen molar-refractivity contribution in [2.24, 2.45) is 0 Å². The van der Waals surface area contributed by atoms with Crippen LogP contribution in [0.4, 0.5) is 5.69 Å². The zero-order chi connectivity index (χ0) is 14.5. The van der Waals surface area contributed by atoms with Crippen LogP contribution in [0.15, 0.2) is 54.6 Å². The van der Waals surface area contributed by atoms with Crippen LogP contribution in [-0.4, -0.2) is 38.1 Å². The van der Waals surface area contributed by atoms with Gasteiger partial charge in [0.1, 0.15) is 12.4 Å². The zero-order valence-corrected chi connectivity index (χ0v) is 12.5. The summed E-state index contributed by atoms with van der Waals surface area (Å²) in [4.78, 5) is 4.79. The van der Waals surface area contributed by atoms with E-state index in [2.05, 4.69) is 47.2 Å². The van der Waals surface area contributed by atoms with Crippen LogP contribution in [0.3, 0.4) is 0 Å². The van der Waals surface area contributed by atoms with Crippen molar-refractivity contribution >= 4 is 5.69 Å². The highest BCUT2D eigenvalue weighted by molar-refractivity contribution is 5.51. The number of likely N-dealkylation sites (N-methyl/N-ethyl adjacent to an activating group) is 1. The Balaban J connectivity index is 1.63. The molecule has 0 spiro atoms. The minimum absolute atomic E-state index is 0.618. The molecule has 0 saturated carbocycles. The normalized spacial score (nSPS) is 16.0. The molecular formula is C18H22N2O. The van der Waals surface area contributed by atoms with Crippen LogP contribution in [0.25, 0.3) is 0 Å². The lowest BCUT2D eigenvalue weighted by molar-refractivity contribution is 0.304. The van der Waals surface area contributed by atoms with Gasteiger partial charge in [0, 0.05) is 37.9 Å². The predicted octanol–water partition coefficient (Wildman–Crippen LogP) is 3.02. The second kappa shape index (κ2) is 6.64. The Kier molecular flexibility index (Phi) is 4.41. The van der Waals surface area contributed by atoms with Crippen LogP contribution in [0, 0.1) is 0 Å². The second-order valence-electron chi connectivity index (χ2n) is 5.56. The monoisotopic (exact) mass is 282 g/mol. The SMILES string of the molecule is CN1CCN(c2cccc(OCc3ccccc3)c2)CC1. The number of anilines is 1. The summed E-state index contributed by atoms with van der Waals surface area (Å²) in [5.41, 5.74) is 2.45. The first-order chi connectivity index (χ1) is 10.3. The molecule has 2 aromatic carbocycles. The first-order valence-electron chi connectivity index (χ1n) is 7.51. The number of hydrogen-bond acceptors (Lipinski definition) is 3. The van der Waals surface area contributed by atoms with Gasteiger partial charge >= 0.3 is 0 Å². The molecule has 1 heterocycles. The molecule has 0 unspecified atom stereocenters. The topological polar surface area (TPSA) is 15.7 Å². The van der Waals surface area contributed by atoms with Crippen LogP contribution in [0.5, 0.6) is 5.75 Å². The van der Waals surface area contributed by atoms with E-state index in [9.17, 15) is 0 Å². The lowest BCUT2D eigenvalue weighted by atomic mass is 10.2. The fraction of sp³-hybridized carbons (Fsp3) is 0.333. The zero-order valence-electron chi connectivity index (χ0n) is 12.5. The van der Waals surface area contributed by atoms with Crippen molar-refractivity contribution in [3.8, 4) is 5.75 Å². The first-order valence-corrected chi connectivity index (χ1v) is 7.51. The van der Waals surface area contributed by atoms with Gasteiger partial charge in [-0.05, 0) is 24.7 Å². The fourth-order valence-corrected chi connectivity index (χ4v) is 2.58. The number of rotatable bonds is 4. The Hall–Kier alpha value is -2.00. The summed E-state index contributed by atoms with van der Waals surface area (Å²) in [6.45, 7) is 5.02. The Morgan fingerprint density at radius 2 is 1.67 bits per heavy atom. The first kappa shape index (κ1) is 14.0. The van der Waals surface area contributed by atoms with Gasteiger partial charge in [0.25, 0.3) is 0 Å². The van der Waals surface area contributed by atoms with E-state index in [0.29, 0.717) is 6.61 Å². The van der Waals surface area contributed by atoms with Gasteiger partial charge in [-0.1, -0.05) is 36.4 Å². The highest BCUT2D eigenvalue weighted by atomic mass is 16.5. The fourth-order valence-electron chi connectivity index (χ4n) is 2.58. The van der Waals surface area contributed by atoms with E-state index in [-0.39, 0.29) is 0 Å². The van der Waals surface area contributed by atoms with Crippen LogP contribution >= 0.6 is 0 Å². The molecule has 1 saturated heterocycles. The Morgan fingerprint density at radius 3 is 2.43 bits per heavy atom. The summed E-state index contributed by atoms with van der Waals surface area (Å²) in [5, 5.41) is 0. The molecule has 0 amide bonds. The molecule has 110 valence electrons. The quantitative estimate of drug-likeness (QED) is 0.857. The van der Waals surface area contributed by atoms with Crippen LogP contribution < -0.4 is 9.64 Å². The third kappa shape index (κ3) is 3.76. The van der Waals surface area contributed by atoms with Crippen LogP contribution in [0.1, 0.15) is 5.56 Å². The third-order valence-corrected chi connectivity index (χ3v) is 3.93. The Labute approximate surface area is 126 Å². The molecule has 0 bridgehead atoms. The van der Waals surface area contributed by atoms with Crippen LogP contribution in [-0.2, 0) is 6.61 Å². The lowest BCUT2D eigenvalue weighted by Crippen LogP contribution is -2.44. The van der Waals surface area contributed by atoms with E-state index in [1.807, 2.05) is 24.3 Å². The van der Waals surface area contributed by atoms with E-state index in [1.165, 1.54) is 11.3 Å². The third-order valence-electron chi connectivity index (χ3n) is 3.93. The van der Waals surface area contributed by atoms with Gasteiger partial charge in [-0.3, -0.25) is 0 Å². The average Bonchev–Trinajstić information content (AvgIpc) is 2.55. The van der Waals surface area contributed by atoms with E-state index < -0.39 is 0 Å². The van der Waals surface area contributed by atoms with Gasteiger partial charge in [0.05, 0.1) is 0 Å². The lowest BCUT2D eigenvalue weighted by Gasteiger charge is -2.34. The van der Waals surface area contributed by atoms with E-state index >= 15 is 0 Å². The molecule has 1 fully saturated rings. The van der Waals surface area contributed by atoms with Gasteiger partial charge in [0.2, 0.25) is 0 Å². The van der Waals surface area contributed by atoms with Gasteiger partial charge in [-0.2, -0.15) is 0 Å². The van der Waals surface area contributed by atoms with Crippen LogP contribution in [0.2, 0.25) is 0 Å². The average molecular weight is 282 g/mol. The summed E-state index contributed by atoms with van der Waals surface area (Å²) in [7, 11) is 2.18. The molecule has 0 aliphatic carbocycles.